The molecular formula is C15H9BrFNO. The van der Waals surface area contributed by atoms with Gasteiger partial charge in [-0.3, -0.25) is 4.79 Å². The van der Waals surface area contributed by atoms with Gasteiger partial charge in [-0.1, -0.05) is 46.3 Å². The molecule has 0 radical (unpaired) electrons. The number of carbonyl (C=O) groups excluding carboxylic acids is 1. The zero-order chi connectivity index (χ0) is 13.8. The monoisotopic (exact) mass is 317 g/mol. The highest BCUT2D eigenvalue weighted by Crippen LogP contribution is 2.23. The van der Waals surface area contributed by atoms with Crippen LogP contribution >= 0.6 is 15.9 Å². The van der Waals surface area contributed by atoms with Gasteiger partial charge < -0.3 is 0 Å². The minimum absolute atomic E-state index is 0.183. The Morgan fingerprint density at radius 3 is 2.47 bits per heavy atom. The second-order valence-electron chi connectivity index (χ2n) is 4.00. The molecule has 0 saturated heterocycles. The second kappa shape index (κ2) is 5.77. The van der Waals surface area contributed by atoms with E-state index in [2.05, 4.69) is 15.9 Å². The summed E-state index contributed by atoms with van der Waals surface area (Å²) in [5.41, 5.74) is 0.790. The molecule has 4 heteroatoms. The first kappa shape index (κ1) is 13.4. The summed E-state index contributed by atoms with van der Waals surface area (Å²) in [6.07, 6.45) is 0. The van der Waals surface area contributed by atoms with Gasteiger partial charge in [-0.2, -0.15) is 5.26 Å². The summed E-state index contributed by atoms with van der Waals surface area (Å²) in [5.74, 6) is -1.84. The van der Waals surface area contributed by atoms with Crippen molar-refractivity contribution in [3.63, 3.8) is 0 Å². The van der Waals surface area contributed by atoms with E-state index in [4.69, 9.17) is 0 Å². The maximum absolute atomic E-state index is 13.3. The van der Waals surface area contributed by atoms with Crippen molar-refractivity contribution < 1.29 is 9.18 Å². The molecule has 0 spiro atoms. The van der Waals surface area contributed by atoms with Crippen molar-refractivity contribution in [1.29, 1.82) is 5.26 Å². The third-order valence-electron chi connectivity index (χ3n) is 2.67. The van der Waals surface area contributed by atoms with Gasteiger partial charge >= 0.3 is 0 Å². The van der Waals surface area contributed by atoms with Crippen molar-refractivity contribution in [1.82, 2.24) is 0 Å². The molecule has 0 amide bonds. The summed E-state index contributed by atoms with van der Waals surface area (Å²) >= 11 is 3.13. The molecule has 0 saturated carbocycles. The standard InChI is InChI=1S/C15H9BrFNO/c16-12-6-11(7-13(17)8-12)15(19)14(9-18)10-4-2-1-3-5-10/h1-8,14H. The Hall–Kier alpha value is -1.99. The lowest BCUT2D eigenvalue weighted by molar-refractivity contribution is 0.0978. The van der Waals surface area contributed by atoms with Crippen LogP contribution in [-0.2, 0) is 0 Å². The summed E-state index contributed by atoms with van der Waals surface area (Å²) in [5, 5.41) is 9.17. The molecule has 0 bridgehead atoms. The van der Waals surface area contributed by atoms with Crippen LogP contribution in [0.4, 0.5) is 4.39 Å². The largest absolute Gasteiger partial charge is 0.292 e. The Balaban J connectivity index is 2.40. The first-order valence-electron chi connectivity index (χ1n) is 5.56. The van der Waals surface area contributed by atoms with Gasteiger partial charge in [0.15, 0.2) is 5.78 Å². The second-order valence-corrected chi connectivity index (χ2v) is 4.91. The number of nitriles is 1. The fraction of sp³-hybridized carbons (Fsp3) is 0.0667. The number of carbonyl (C=O) groups is 1. The zero-order valence-electron chi connectivity index (χ0n) is 9.81. The Kier molecular flexibility index (Phi) is 4.08. The van der Waals surface area contributed by atoms with E-state index in [-0.39, 0.29) is 5.56 Å². The van der Waals surface area contributed by atoms with E-state index in [1.165, 1.54) is 12.1 Å². The van der Waals surface area contributed by atoms with E-state index < -0.39 is 17.5 Å². The molecule has 0 aliphatic heterocycles. The highest BCUT2D eigenvalue weighted by atomic mass is 79.9. The number of hydrogen-bond acceptors (Lipinski definition) is 2. The molecule has 0 aliphatic rings. The predicted octanol–water partition coefficient (Wildman–Crippen LogP) is 4.08. The van der Waals surface area contributed by atoms with Crippen LogP contribution in [0.2, 0.25) is 0 Å². The predicted molar refractivity (Wildman–Crippen MR) is 73.2 cm³/mol. The molecule has 19 heavy (non-hydrogen) atoms. The zero-order valence-corrected chi connectivity index (χ0v) is 11.4. The Morgan fingerprint density at radius 1 is 1.21 bits per heavy atom. The third kappa shape index (κ3) is 3.07. The van der Waals surface area contributed by atoms with E-state index >= 15 is 0 Å². The number of Topliss-reactive ketones (excluding diaryl/α,β-unsaturated/α-hetero) is 1. The molecule has 0 N–H and O–H groups in total. The fourth-order valence-electron chi connectivity index (χ4n) is 1.79. The number of ketones is 1. The normalized spacial score (nSPS) is 11.6. The number of benzene rings is 2. The van der Waals surface area contributed by atoms with Gasteiger partial charge in [0, 0.05) is 10.0 Å². The first-order chi connectivity index (χ1) is 9.11. The molecule has 0 aliphatic carbocycles. The maximum atomic E-state index is 13.3. The molecule has 0 heterocycles. The Bertz CT molecular complexity index is 629. The van der Waals surface area contributed by atoms with Crippen LogP contribution in [0.15, 0.2) is 53.0 Å². The lowest BCUT2D eigenvalue weighted by Crippen LogP contribution is -2.11. The SMILES string of the molecule is N#CC(C(=O)c1cc(F)cc(Br)c1)c1ccccc1. The van der Waals surface area contributed by atoms with Gasteiger partial charge in [-0.05, 0) is 23.8 Å². The van der Waals surface area contributed by atoms with Gasteiger partial charge in [0.25, 0.3) is 0 Å². The van der Waals surface area contributed by atoms with E-state index in [0.717, 1.165) is 6.07 Å². The van der Waals surface area contributed by atoms with Crippen LogP contribution in [0.5, 0.6) is 0 Å². The number of halogens is 2. The molecule has 0 fully saturated rings. The first-order valence-corrected chi connectivity index (χ1v) is 6.36. The summed E-state index contributed by atoms with van der Waals surface area (Å²) in [4.78, 5) is 12.3. The van der Waals surface area contributed by atoms with E-state index in [0.29, 0.717) is 10.0 Å². The van der Waals surface area contributed by atoms with Crippen LogP contribution in [0.1, 0.15) is 21.8 Å². The lowest BCUT2D eigenvalue weighted by Gasteiger charge is -2.09. The van der Waals surface area contributed by atoms with Crippen molar-refractivity contribution >= 4 is 21.7 Å². The highest BCUT2D eigenvalue weighted by Gasteiger charge is 2.22. The highest BCUT2D eigenvalue weighted by molar-refractivity contribution is 9.10. The molecule has 2 aromatic carbocycles. The van der Waals surface area contributed by atoms with Crippen LogP contribution in [0.25, 0.3) is 0 Å². The van der Waals surface area contributed by atoms with Crippen LogP contribution in [0, 0.1) is 17.1 Å². The van der Waals surface area contributed by atoms with E-state index in [1.807, 2.05) is 6.07 Å². The van der Waals surface area contributed by atoms with Gasteiger partial charge in [0.05, 0.1) is 6.07 Å². The smallest absolute Gasteiger partial charge is 0.184 e. The topological polar surface area (TPSA) is 40.9 Å². The van der Waals surface area contributed by atoms with Crippen molar-refractivity contribution in [3.05, 3.63) is 69.9 Å². The minimum Gasteiger partial charge on any atom is -0.292 e. The van der Waals surface area contributed by atoms with Crippen molar-refractivity contribution in [2.75, 3.05) is 0 Å². The summed E-state index contributed by atoms with van der Waals surface area (Å²) < 4.78 is 13.8. The Morgan fingerprint density at radius 2 is 1.89 bits per heavy atom. The van der Waals surface area contributed by atoms with Gasteiger partial charge in [0.1, 0.15) is 11.7 Å². The van der Waals surface area contributed by atoms with E-state index in [1.54, 1.807) is 30.3 Å². The van der Waals surface area contributed by atoms with Crippen molar-refractivity contribution in [2.24, 2.45) is 0 Å². The average molecular weight is 318 g/mol. The lowest BCUT2D eigenvalue weighted by atomic mass is 9.92. The van der Waals surface area contributed by atoms with Crippen LogP contribution in [0.3, 0.4) is 0 Å². The molecule has 2 aromatic rings. The number of hydrogen-bond donors (Lipinski definition) is 0. The number of nitrogens with zero attached hydrogens (tertiary/aromatic N) is 1. The quantitative estimate of drug-likeness (QED) is 0.800. The molecular weight excluding hydrogens is 309 g/mol. The molecule has 1 unspecified atom stereocenters. The maximum Gasteiger partial charge on any atom is 0.184 e. The van der Waals surface area contributed by atoms with E-state index in [9.17, 15) is 14.4 Å². The Labute approximate surface area is 118 Å². The van der Waals surface area contributed by atoms with Gasteiger partial charge in [0.2, 0.25) is 0 Å². The summed E-state index contributed by atoms with van der Waals surface area (Å²) in [6, 6.07) is 14.6. The molecule has 1 atom stereocenters. The average Bonchev–Trinajstić information content (AvgIpc) is 2.39. The van der Waals surface area contributed by atoms with Crippen molar-refractivity contribution in [3.8, 4) is 6.07 Å². The molecule has 0 aromatic heterocycles. The van der Waals surface area contributed by atoms with Gasteiger partial charge in [-0.15, -0.1) is 0 Å². The third-order valence-corrected chi connectivity index (χ3v) is 3.13. The summed E-state index contributed by atoms with van der Waals surface area (Å²) in [6.45, 7) is 0. The van der Waals surface area contributed by atoms with Crippen LogP contribution < -0.4 is 0 Å². The van der Waals surface area contributed by atoms with Crippen LogP contribution in [-0.4, -0.2) is 5.78 Å². The summed E-state index contributed by atoms with van der Waals surface area (Å²) in [7, 11) is 0. The van der Waals surface area contributed by atoms with Gasteiger partial charge in [-0.25, -0.2) is 4.39 Å². The number of rotatable bonds is 3. The van der Waals surface area contributed by atoms with Crippen molar-refractivity contribution in [2.45, 2.75) is 5.92 Å². The molecule has 2 rings (SSSR count). The molecule has 94 valence electrons. The molecule has 2 nitrogen and oxygen atoms in total. The fourth-order valence-corrected chi connectivity index (χ4v) is 2.26. The minimum atomic E-state index is -0.921.